The first kappa shape index (κ1) is 14.8. The Bertz CT molecular complexity index is 1090. The Labute approximate surface area is 150 Å². The number of hydrogen-bond donors (Lipinski definition) is 1. The molecule has 0 saturated carbocycles. The minimum Gasteiger partial charge on any atom is -0.454 e. The third kappa shape index (κ3) is 1.87. The van der Waals surface area contributed by atoms with Crippen molar-refractivity contribution in [3.05, 3.63) is 76.0 Å². The number of nitrogens with one attached hydrogen (secondary N) is 1. The molecule has 0 saturated heterocycles. The zero-order valence-electron chi connectivity index (χ0n) is 14.0. The highest BCUT2D eigenvalue weighted by atomic mass is 16.7. The second kappa shape index (κ2) is 5.24. The van der Waals surface area contributed by atoms with Crippen LogP contribution in [-0.4, -0.2) is 12.6 Å². The molecule has 1 atom stereocenters. The number of nitriles is 1. The van der Waals surface area contributed by atoms with E-state index in [1.165, 1.54) is 0 Å². The summed E-state index contributed by atoms with van der Waals surface area (Å²) in [6, 6.07) is 15.4. The number of ether oxygens (including phenoxy) is 2. The zero-order chi connectivity index (χ0) is 17.8. The molecule has 0 fully saturated rings. The molecule has 1 N–H and O–H groups in total. The number of carbonyl (C=O) groups excluding carboxylic acids is 1. The molecule has 5 rings (SSSR count). The molecular weight excluding hydrogens is 328 g/mol. The van der Waals surface area contributed by atoms with Crippen LogP contribution >= 0.6 is 0 Å². The van der Waals surface area contributed by atoms with Gasteiger partial charge in [0.2, 0.25) is 6.79 Å². The van der Waals surface area contributed by atoms with E-state index in [9.17, 15) is 10.1 Å². The maximum atomic E-state index is 13.1. The fraction of sp³-hybridized carbons (Fsp3) is 0.143. The molecule has 126 valence electrons. The van der Waals surface area contributed by atoms with E-state index in [1.807, 2.05) is 49.4 Å². The van der Waals surface area contributed by atoms with Gasteiger partial charge in [-0.05, 0) is 24.6 Å². The highest BCUT2D eigenvalue weighted by molar-refractivity contribution is 6.22. The summed E-state index contributed by atoms with van der Waals surface area (Å²) in [6.07, 6.45) is 0. The first-order valence-electron chi connectivity index (χ1n) is 8.34. The Morgan fingerprint density at radius 3 is 2.69 bits per heavy atom. The molecule has 2 aliphatic heterocycles. The Kier molecular flexibility index (Phi) is 2.98. The number of hydrogen-bond acceptors (Lipinski definition) is 5. The molecule has 5 heteroatoms. The lowest BCUT2D eigenvalue weighted by Gasteiger charge is -2.27. The van der Waals surface area contributed by atoms with Crippen LogP contribution in [0, 0.1) is 11.3 Å². The van der Waals surface area contributed by atoms with Gasteiger partial charge in [0.15, 0.2) is 17.3 Å². The number of carbonyl (C=O) groups is 1. The normalized spacial score (nSPS) is 19.8. The van der Waals surface area contributed by atoms with Crippen molar-refractivity contribution in [1.29, 1.82) is 5.26 Å². The van der Waals surface area contributed by atoms with Crippen molar-refractivity contribution in [3.8, 4) is 17.6 Å². The van der Waals surface area contributed by atoms with Crippen LogP contribution in [0.2, 0.25) is 0 Å². The van der Waals surface area contributed by atoms with Crippen LogP contribution < -0.4 is 14.8 Å². The van der Waals surface area contributed by atoms with Gasteiger partial charge in [0.1, 0.15) is 0 Å². The van der Waals surface area contributed by atoms with Crippen LogP contribution in [0.5, 0.6) is 11.5 Å². The van der Waals surface area contributed by atoms with Crippen LogP contribution in [0.15, 0.2) is 59.3 Å². The number of rotatable bonds is 1. The van der Waals surface area contributed by atoms with Crippen molar-refractivity contribution >= 4 is 11.5 Å². The summed E-state index contributed by atoms with van der Waals surface area (Å²) in [6.45, 7) is 2.05. The van der Waals surface area contributed by atoms with Crippen LogP contribution in [0.1, 0.15) is 34.3 Å². The van der Waals surface area contributed by atoms with Crippen LogP contribution in [0.4, 0.5) is 0 Å². The predicted octanol–water partition coefficient (Wildman–Crippen LogP) is 3.51. The maximum Gasteiger partial charge on any atom is 0.231 e. The van der Waals surface area contributed by atoms with E-state index in [1.54, 1.807) is 0 Å². The largest absolute Gasteiger partial charge is 0.454 e. The van der Waals surface area contributed by atoms with Crippen LogP contribution in [0.25, 0.3) is 5.70 Å². The summed E-state index contributed by atoms with van der Waals surface area (Å²) in [4.78, 5) is 13.1. The molecule has 0 bridgehead atoms. The minimum atomic E-state index is -0.425. The topological polar surface area (TPSA) is 71.3 Å². The van der Waals surface area contributed by atoms with Crippen molar-refractivity contribution in [2.45, 2.75) is 12.8 Å². The van der Waals surface area contributed by atoms with Gasteiger partial charge in [-0.15, -0.1) is 0 Å². The molecule has 5 nitrogen and oxygen atoms in total. The fourth-order valence-electron chi connectivity index (χ4n) is 3.90. The van der Waals surface area contributed by atoms with Gasteiger partial charge in [-0.1, -0.05) is 30.3 Å². The van der Waals surface area contributed by atoms with Gasteiger partial charge in [0.25, 0.3) is 0 Å². The lowest BCUT2D eigenvalue weighted by atomic mass is 9.80. The Morgan fingerprint density at radius 1 is 1.12 bits per heavy atom. The van der Waals surface area contributed by atoms with Crippen molar-refractivity contribution in [2.75, 3.05) is 6.79 Å². The molecule has 1 aliphatic carbocycles. The second-order valence-electron chi connectivity index (χ2n) is 6.48. The van der Waals surface area contributed by atoms with Gasteiger partial charge in [0.05, 0.1) is 23.3 Å². The number of fused-ring (bicyclic) bond motifs is 3. The molecular formula is C21H14N2O3. The lowest BCUT2D eigenvalue weighted by molar-refractivity contribution is 0.103. The summed E-state index contributed by atoms with van der Waals surface area (Å²) < 4.78 is 10.9. The third-order valence-electron chi connectivity index (χ3n) is 5.10. The van der Waals surface area contributed by atoms with Gasteiger partial charge in [-0.2, -0.15) is 5.26 Å². The second-order valence-corrected chi connectivity index (χ2v) is 6.48. The average molecular weight is 342 g/mol. The minimum absolute atomic E-state index is 0.0361. The molecule has 0 aromatic heterocycles. The number of ketones is 1. The van der Waals surface area contributed by atoms with E-state index >= 15 is 0 Å². The number of dihydropyridines is 1. The number of allylic oxidation sites excluding steroid dienone is 3. The molecule has 0 unspecified atom stereocenters. The SMILES string of the molecule is CC1=C(C#N)[C@H](c2ccc3c(c2)OCO3)C2=C(N1)c1ccccc1C2=O. The maximum absolute atomic E-state index is 13.1. The Morgan fingerprint density at radius 2 is 1.88 bits per heavy atom. The quantitative estimate of drug-likeness (QED) is 0.859. The number of benzene rings is 2. The van der Waals surface area contributed by atoms with E-state index < -0.39 is 5.92 Å². The van der Waals surface area contributed by atoms with Crippen molar-refractivity contribution in [2.24, 2.45) is 0 Å². The highest BCUT2D eigenvalue weighted by Crippen LogP contribution is 2.47. The molecule has 26 heavy (non-hydrogen) atoms. The van der Waals surface area contributed by atoms with Gasteiger partial charge in [-0.3, -0.25) is 4.79 Å². The summed E-state index contributed by atoms with van der Waals surface area (Å²) >= 11 is 0. The Hall–Kier alpha value is -3.52. The average Bonchev–Trinajstić information content (AvgIpc) is 3.24. The number of nitrogens with zero attached hydrogens (tertiary/aromatic N) is 1. The summed E-state index contributed by atoms with van der Waals surface area (Å²) in [7, 11) is 0. The molecule has 0 amide bonds. The van der Waals surface area contributed by atoms with Crippen LogP contribution in [-0.2, 0) is 0 Å². The van der Waals surface area contributed by atoms with Crippen molar-refractivity contribution < 1.29 is 14.3 Å². The van der Waals surface area contributed by atoms with Crippen molar-refractivity contribution in [1.82, 2.24) is 5.32 Å². The van der Waals surface area contributed by atoms with Gasteiger partial charge >= 0.3 is 0 Å². The van der Waals surface area contributed by atoms with E-state index in [4.69, 9.17) is 9.47 Å². The summed E-state index contributed by atoms with van der Waals surface area (Å²) in [5.41, 5.74) is 5.12. The third-order valence-corrected chi connectivity index (χ3v) is 5.10. The molecule has 0 radical (unpaired) electrons. The molecule has 2 heterocycles. The van der Waals surface area contributed by atoms with E-state index in [2.05, 4.69) is 11.4 Å². The summed E-state index contributed by atoms with van der Waals surface area (Å²) in [5.74, 6) is 0.856. The molecule has 3 aliphatic rings. The van der Waals surface area contributed by atoms with Crippen LogP contribution in [0.3, 0.4) is 0 Å². The summed E-state index contributed by atoms with van der Waals surface area (Å²) in [5, 5.41) is 13.1. The molecule has 2 aromatic carbocycles. The number of Topliss-reactive ketones (excluding diaryl/α,β-unsaturated/α-hetero) is 1. The standard InChI is InChI=1S/C21H14N2O3/c1-11-15(9-22)18(12-6-7-16-17(8-12)26-10-25-16)19-20(23-11)13-4-2-3-5-14(13)21(19)24/h2-8,18,23H,10H2,1H3/t18-/m0/s1. The van der Waals surface area contributed by atoms with Crippen molar-refractivity contribution in [3.63, 3.8) is 0 Å². The smallest absolute Gasteiger partial charge is 0.231 e. The molecule has 2 aromatic rings. The first-order valence-corrected chi connectivity index (χ1v) is 8.34. The monoisotopic (exact) mass is 342 g/mol. The van der Waals surface area contributed by atoms with Gasteiger partial charge < -0.3 is 14.8 Å². The van der Waals surface area contributed by atoms with E-state index in [0.717, 1.165) is 22.5 Å². The lowest BCUT2D eigenvalue weighted by Crippen LogP contribution is -2.24. The van der Waals surface area contributed by atoms with E-state index in [-0.39, 0.29) is 12.6 Å². The predicted molar refractivity (Wildman–Crippen MR) is 94.4 cm³/mol. The Balaban J connectivity index is 1.73. The zero-order valence-corrected chi connectivity index (χ0v) is 14.0. The van der Waals surface area contributed by atoms with E-state index in [0.29, 0.717) is 28.2 Å². The first-order chi connectivity index (χ1) is 12.7. The highest BCUT2D eigenvalue weighted by Gasteiger charge is 2.40. The fourth-order valence-corrected chi connectivity index (χ4v) is 3.90. The molecule has 0 spiro atoms. The van der Waals surface area contributed by atoms with Gasteiger partial charge in [-0.25, -0.2) is 0 Å². The van der Waals surface area contributed by atoms with Gasteiger partial charge in [0, 0.05) is 22.4 Å².